The highest BCUT2D eigenvalue weighted by Gasteiger charge is 2.34. The molecule has 2 fully saturated rings. The van der Waals surface area contributed by atoms with Crippen LogP contribution >= 0.6 is 0 Å². The maximum atomic E-state index is 12.4. The standard InChI is InChI=1S/C19H25N5O3/c1-12(15-5-4-6-17(26-2)18(15)27-3)23-9-13(10-23)20-19(25)16-11-24(22-21-16)14-7-8-14/h4-6,11-14H,7-10H2,1-3H3,(H,20,25). The van der Waals surface area contributed by atoms with Crippen LogP contribution in [0.1, 0.15) is 47.9 Å². The largest absolute Gasteiger partial charge is 0.493 e. The smallest absolute Gasteiger partial charge is 0.273 e. The Bertz CT molecular complexity index is 827. The van der Waals surface area contributed by atoms with Gasteiger partial charge in [0.2, 0.25) is 0 Å². The zero-order chi connectivity index (χ0) is 19.0. The average molecular weight is 371 g/mol. The molecular formula is C19H25N5O3. The van der Waals surface area contributed by atoms with Crippen LogP contribution in [0.4, 0.5) is 0 Å². The fourth-order valence-electron chi connectivity index (χ4n) is 3.52. The molecule has 1 saturated heterocycles. The van der Waals surface area contributed by atoms with E-state index in [2.05, 4.69) is 27.5 Å². The Balaban J connectivity index is 1.34. The summed E-state index contributed by atoms with van der Waals surface area (Å²) in [5, 5.41) is 11.1. The number of hydrogen-bond donors (Lipinski definition) is 1. The summed E-state index contributed by atoms with van der Waals surface area (Å²) in [6.45, 7) is 3.70. The molecular weight excluding hydrogens is 346 g/mol. The van der Waals surface area contributed by atoms with Crippen LogP contribution in [0.2, 0.25) is 0 Å². The number of rotatable bonds is 7. The van der Waals surface area contributed by atoms with E-state index in [4.69, 9.17) is 9.47 Å². The van der Waals surface area contributed by atoms with Crippen molar-refractivity contribution in [1.82, 2.24) is 25.2 Å². The van der Waals surface area contributed by atoms with Crippen molar-refractivity contribution >= 4 is 5.91 Å². The van der Waals surface area contributed by atoms with Crippen molar-refractivity contribution in [2.45, 2.75) is 37.9 Å². The Morgan fingerprint density at radius 2 is 2.04 bits per heavy atom. The van der Waals surface area contributed by atoms with Gasteiger partial charge in [-0.05, 0) is 25.8 Å². The van der Waals surface area contributed by atoms with Crippen molar-refractivity contribution in [3.05, 3.63) is 35.7 Å². The Morgan fingerprint density at radius 1 is 1.26 bits per heavy atom. The molecule has 0 radical (unpaired) electrons. The predicted octanol–water partition coefficient (Wildman–Crippen LogP) is 1.81. The van der Waals surface area contributed by atoms with E-state index < -0.39 is 0 Å². The fraction of sp³-hybridized carbons (Fsp3) is 0.526. The van der Waals surface area contributed by atoms with Crippen molar-refractivity contribution in [3.63, 3.8) is 0 Å². The number of methoxy groups -OCH3 is 2. The number of benzene rings is 1. The topological polar surface area (TPSA) is 81.5 Å². The SMILES string of the molecule is COc1cccc(C(C)N2CC(NC(=O)c3cn(C4CC4)nn3)C2)c1OC. The van der Waals surface area contributed by atoms with Crippen molar-refractivity contribution in [3.8, 4) is 11.5 Å². The van der Waals surface area contributed by atoms with Crippen molar-refractivity contribution in [2.75, 3.05) is 27.3 Å². The fourth-order valence-corrected chi connectivity index (χ4v) is 3.52. The van der Waals surface area contributed by atoms with Crippen LogP contribution in [0, 0.1) is 0 Å². The minimum absolute atomic E-state index is 0.114. The first-order chi connectivity index (χ1) is 13.1. The number of nitrogens with one attached hydrogen (secondary N) is 1. The molecule has 1 amide bonds. The van der Waals surface area contributed by atoms with Gasteiger partial charge in [-0.25, -0.2) is 4.68 Å². The number of ether oxygens (including phenoxy) is 2. The summed E-state index contributed by atoms with van der Waals surface area (Å²) in [5.74, 6) is 1.33. The van der Waals surface area contributed by atoms with Crippen molar-refractivity contribution in [1.29, 1.82) is 0 Å². The maximum Gasteiger partial charge on any atom is 0.273 e. The van der Waals surface area contributed by atoms with E-state index in [0.717, 1.165) is 43.0 Å². The first-order valence-corrected chi connectivity index (χ1v) is 9.28. The molecule has 2 aromatic rings. The maximum absolute atomic E-state index is 12.4. The number of nitrogens with zero attached hydrogens (tertiary/aromatic N) is 4. The van der Waals surface area contributed by atoms with Crippen LogP contribution in [-0.4, -0.2) is 59.2 Å². The van der Waals surface area contributed by atoms with Crippen LogP contribution in [-0.2, 0) is 0 Å². The van der Waals surface area contributed by atoms with Gasteiger partial charge in [0.25, 0.3) is 5.91 Å². The minimum Gasteiger partial charge on any atom is -0.493 e. The van der Waals surface area contributed by atoms with E-state index in [0.29, 0.717) is 11.7 Å². The average Bonchev–Trinajstić information content (AvgIpc) is 3.39. The third-order valence-corrected chi connectivity index (χ3v) is 5.34. The highest BCUT2D eigenvalue weighted by Crippen LogP contribution is 2.38. The molecule has 144 valence electrons. The first kappa shape index (κ1) is 17.8. The van der Waals surface area contributed by atoms with Crippen molar-refractivity contribution in [2.24, 2.45) is 0 Å². The second-order valence-corrected chi connectivity index (χ2v) is 7.20. The Labute approximate surface area is 158 Å². The van der Waals surface area contributed by atoms with Gasteiger partial charge in [0.15, 0.2) is 17.2 Å². The van der Waals surface area contributed by atoms with E-state index in [9.17, 15) is 4.79 Å². The van der Waals surface area contributed by atoms with Gasteiger partial charge in [-0.15, -0.1) is 5.10 Å². The second-order valence-electron chi connectivity index (χ2n) is 7.20. The lowest BCUT2D eigenvalue weighted by atomic mass is 9.99. The Kier molecular flexibility index (Phi) is 4.73. The zero-order valence-electron chi connectivity index (χ0n) is 15.9. The molecule has 8 heteroatoms. The number of carbonyl (C=O) groups is 1. The molecule has 4 rings (SSSR count). The van der Waals surface area contributed by atoms with Gasteiger partial charge >= 0.3 is 0 Å². The molecule has 1 N–H and O–H groups in total. The van der Waals surface area contributed by atoms with Gasteiger partial charge < -0.3 is 14.8 Å². The molecule has 1 aromatic heterocycles. The van der Waals surface area contributed by atoms with E-state index in [1.165, 1.54) is 0 Å². The van der Waals surface area contributed by atoms with Crippen LogP contribution in [0.15, 0.2) is 24.4 Å². The van der Waals surface area contributed by atoms with Gasteiger partial charge in [0.1, 0.15) is 0 Å². The number of amides is 1. The quantitative estimate of drug-likeness (QED) is 0.799. The molecule has 8 nitrogen and oxygen atoms in total. The van der Waals surface area contributed by atoms with E-state index in [1.807, 2.05) is 18.2 Å². The molecule has 1 atom stereocenters. The summed E-state index contributed by atoms with van der Waals surface area (Å²) in [4.78, 5) is 14.6. The number of likely N-dealkylation sites (tertiary alicyclic amines) is 1. The van der Waals surface area contributed by atoms with Gasteiger partial charge in [-0.3, -0.25) is 9.69 Å². The summed E-state index contributed by atoms with van der Waals surface area (Å²) >= 11 is 0. The summed E-state index contributed by atoms with van der Waals surface area (Å²) < 4.78 is 12.7. The molecule has 2 heterocycles. The van der Waals surface area contributed by atoms with Gasteiger partial charge in [0, 0.05) is 24.7 Å². The highest BCUT2D eigenvalue weighted by atomic mass is 16.5. The third kappa shape index (κ3) is 3.49. The lowest BCUT2D eigenvalue weighted by Gasteiger charge is -2.43. The molecule has 0 bridgehead atoms. The first-order valence-electron chi connectivity index (χ1n) is 9.28. The summed E-state index contributed by atoms with van der Waals surface area (Å²) in [6, 6.07) is 6.62. The minimum atomic E-state index is -0.154. The van der Waals surface area contributed by atoms with E-state index >= 15 is 0 Å². The lowest BCUT2D eigenvalue weighted by Crippen LogP contribution is -2.59. The van der Waals surface area contributed by atoms with E-state index in [1.54, 1.807) is 25.1 Å². The number of aromatic nitrogens is 3. The molecule has 1 saturated carbocycles. The van der Waals surface area contributed by atoms with Gasteiger partial charge in [-0.1, -0.05) is 17.3 Å². The normalized spacial score (nSPS) is 18.6. The highest BCUT2D eigenvalue weighted by molar-refractivity contribution is 5.92. The number of carbonyl (C=O) groups excluding carboxylic acids is 1. The second kappa shape index (κ2) is 7.19. The van der Waals surface area contributed by atoms with Crippen LogP contribution in [0.5, 0.6) is 11.5 Å². The molecule has 1 unspecified atom stereocenters. The number of hydrogen-bond acceptors (Lipinski definition) is 6. The number of para-hydroxylation sites is 1. The van der Waals surface area contributed by atoms with E-state index in [-0.39, 0.29) is 18.0 Å². The Hall–Kier alpha value is -2.61. The van der Waals surface area contributed by atoms with Crippen molar-refractivity contribution < 1.29 is 14.3 Å². The Morgan fingerprint density at radius 3 is 2.70 bits per heavy atom. The molecule has 1 aromatic carbocycles. The predicted molar refractivity (Wildman–Crippen MR) is 99.1 cm³/mol. The van der Waals surface area contributed by atoms with Crippen LogP contribution < -0.4 is 14.8 Å². The third-order valence-electron chi connectivity index (χ3n) is 5.34. The summed E-state index contributed by atoms with van der Waals surface area (Å²) in [6.07, 6.45) is 3.98. The summed E-state index contributed by atoms with van der Waals surface area (Å²) in [7, 11) is 3.29. The van der Waals surface area contributed by atoms with Gasteiger partial charge in [-0.2, -0.15) is 0 Å². The molecule has 1 aliphatic heterocycles. The summed E-state index contributed by atoms with van der Waals surface area (Å²) in [5.41, 5.74) is 1.47. The monoisotopic (exact) mass is 371 g/mol. The zero-order valence-corrected chi connectivity index (χ0v) is 15.9. The lowest BCUT2D eigenvalue weighted by molar-refractivity contribution is 0.0665. The molecule has 27 heavy (non-hydrogen) atoms. The molecule has 2 aliphatic rings. The van der Waals surface area contributed by atoms with Gasteiger partial charge in [0.05, 0.1) is 32.5 Å². The van der Waals surface area contributed by atoms with Crippen LogP contribution in [0.25, 0.3) is 0 Å². The molecule has 1 aliphatic carbocycles. The molecule has 0 spiro atoms. The van der Waals surface area contributed by atoms with Crippen LogP contribution in [0.3, 0.4) is 0 Å².